The molecule has 1 aliphatic heterocycles. The van der Waals surface area contributed by atoms with Crippen molar-refractivity contribution < 1.29 is 14.3 Å². The predicted molar refractivity (Wildman–Crippen MR) is 59.1 cm³/mol. The topological polar surface area (TPSA) is 64.8 Å². The van der Waals surface area contributed by atoms with Gasteiger partial charge < -0.3 is 20.1 Å². The average molecular weight is 239 g/mol. The van der Waals surface area contributed by atoms with Crippen molar-refractivity contribution in [2.75, 3.05) is 33.4 Å². The number of ether oxygens (including phenoxy) is 2. The van der Waals surface area contributed by atoms with E-state index < -0.39 is 6.04 Å². The zero-order valence-electron chi connectivity index (χ0n) is 9.14. The van der Waals surface area contributed by atoms with Crippen LogP contribution in [0.1, 0.15) is 6.92 Å². The second-order valence-corrected chi connectivity index (χ2v) is 3.52. The first-order valence-electron chi connectivity index (χ1n) is 4.80. The van der Waals surface area contributed by atoms with Gasteiger partial charge in [0.25, 0.3) is 0 Å². The van der Waals surface area contributed by atoms with Crippen LogP contribution in [0.5, 0.6) is 0 Å². The number of hydrogen-bond acceptors (Lipinski definition) is 4. The molecule has 5 nitrogen and oxygen atoms in total. The van der Waals surface area contributed by atoms with E-state index in [-0.39, 0.29) is 24.4 Å². The first-order chi connectivity index (χ1) is 6.65. The number of amides is 1. The molecule has 0 aromatic carbocycles. The molecule has 0 saturated carbocycles. The Morgan fingerprint density at radius 1 is 1.73 bits per heavy atom. The Morgan fingerprint density at radius 2 is 2.40 bits per heavy atom. The largest absolute Gasteiger partial charge is 0.382 e. The third-order valence-electron chi connectivity index (χ3n) is 2.19. The Balaban J connectivity index is 0.00000196. The molecule has 1 heterocycles. The van der Waals surface area contributed by atoms with Crippen molar-refractivity contribution >= 4 is 18.3 Å². The summed E-state index contributed by atoms with van der Waals surface area (Å²) >= 11 is 0. The second-order valence-electron chi connectivity index (χ2n) is 3.52. The molecule has 0 aromatic heterocycles. The Labute approximate surface area is 96.3 Å². The zero-order valence-corrected chi connectivity index (χ0v) is 9.96. The predicted octanol–water partition coefficient (Wildman–Crippen LogP) is -0.371. The van der Waals surface area contributed by atoms with E-state index in [9.17, 15) is 4.79 Å². The van der Waals surface area contributed by atoms with Gasteiger partial charge in [-0.3, -0.25) is 4.79 Å². The highest BCUT2D eigenvalue weighted by Gasteiger charge is 2.25. The third-order valence-corrected chi connectivity index (χ3v) is 2.19. The summed E-state index contributed by atoms with van der Waals surface area (Å²) in [5.41, 5.74) is 5.52. The first-order valence-corrected chi connectivity index (χ1v) is 4.80. The number of nitrogens with two attached hydrogens (primary N) is 1. The lowest BCUT2D eigenvalue weighted by atomic mass is 10.2. The van der Waals surface area contributed by atoms with Gasteiger partial charge in [-0.25, -0.2) is 0 Å². The highest BCUT2D eigenvalue weighted by atomic mass is 35.5. The lowest BCUT2D eigenvalue weighted by molar-refractivity contribution is -0.141. The minimum absolute atomic E-state index is 0. The summed E-state index contributed by atoms with van der Waals surface area (Å²) in [5, 5.41) is 0. The lowest BCUT2D eigenvalue weighted by Crippen LogP contribution is -2.51. The highest BCUT2D eigenvalue weighted by Crippen LogP contribution is 2.06. The van der Waals surface area contributed by atoms with Crippen LogP contribution < -0.4 is 5.73 Å². The number of carbonyl (C=O) groups is 1. The number of carbonyl (C=O) groups excluding carboxylic acids is 1. The van der Waals surface area contributed by atoms with Crippen LogP contribution in [0.2, 0.25) is 0 Å². The molecule has 2 N–H and O–H groups in total. The highest BCUT2D eigenvalue weighted by molar-refractivity contribution is 5.85. The van der Waals surface area contributed by atoms with Crippen molar-refractivity contribution in [2.24, 2.45) is 5.73 Å². The van der Waals surface area contributed by atoms with Gasteiger partial charge in [0.1, 0.15) is 0 Å². The van der Waals surface area contributed by atoms with Gasteiger partial charge in [0, 0.05) is 20.2 Å². The molecule has 6 heteroatoms. The van der Waals surface area contributed by atoms with Crippen molar-refractivity contribution in [2.45, 2.75) is 19.1 Å². The maximum absolute atomic E-state index is 11.6. The minimum atomic E-state index is -0.434. The molecule has 0 radical (unpaired) electrons. The Hall–Kier alpha value is -0.360. The monoisotopic (exact) mass is 238 g/mol. The summed E-state index contributed by atoms with van der Waals surface area (Å²) in [6.07, 6.45) is -0.0172. The molecular weight excluding hydrogens is 220 g/mol. The van der Waals surface area contributed by atoms with Gasteiger partial charge in [-0.05, 0) is 6.92 Å². The summed E-state index contributed by atoms with van der Waals surface area (Å²) in [7, 11) is 1.62. The minimum Gasteiger partial charge on any atom is -0.382 e. The van der Waals surface area contributed by atoms with E-state index in [1.165, 1.54) is 0 Å². The van der Waals surface area contributed by atoms with Crippen LogP contribution >= 0.6 is 12.4 Å². The van der Waals surface area contributed by atoms with Crippen LogP contribution in [-0.4, -0.2) is 56.4 Å². The smallest absolute Gasteiger partial charge is 0.239 e. The molecule has 15 heavy (non-hydrogen) atoms. The van der Waals surface area contributed by atoms with Gasteiger partial charge in [0.05, 0.1) is 25.4 Å². The average Bonchev–Trinajstić information content (AvgIpc) is 2.17. The Morgan fingerprint density at radius 3 is 2.93 bits per heavy atom. The van der Waals surface area contributed by atoms with Crippen LogP contribution in [0.25, 0.3) is 0 Å². The van der Waals surface area contributed by atoms with Gasteiger partial charge in [0.15, 0.2) is 0 Å². The van der Waals surface area contributed by atoms with E-state index in [1.54, 1.807) is 18.9 Å². The third kappa shape index (κ3) is 4.34. The summed E-state index contributed by atoms with van der Waals surface area (Å²) in [6.45, 7) is 3.98. The van der Waals surface area contributed by atoms with Crippen LogP contribution in [0.4, 0.5) is 0 Å². The maximum atomic E-state index is 11.6. The summed E-state index contributed by atoms with van der Waals surface area (Å²) in [4.78, 5) is 13.3. The molecule has 2 atom stereocenters. The molecule has 90 valence electrons. The summed E-state index contributed by atoms with van der Waals surface area (Å²) < 4.78 is 10.4. The van der Waals surface area contributed by atoms with Gasteiger partial charge in [0.2, 0.25) is 5.91 Å². The van der Waals surface area contributed by atoms with E-state index in [1.807, 2.05) is 0 Å². The van der Waals surface area contributed by atoms with E-state index >= 15 is 0 Å². The molecule has 1 saturated heterocycles. The molecule has 1 aliphatic rings. The van der Waals surface area contributed by atoms with Gasteiger partial charge in [-0.1, -0.05) is 0 Å². The first kappa shape index (κ1) is 14.6. The van der Waals surface area contributed by atoms with E-state index in [0.29, 0.717) is 26.3 Å². The fourth-order valence-corrected chi connectivity index (χ4v) is 1.49. The number of morpholine rings is 1. The molecule has 0 aliphatic carbocycles. The molecule has 1 amide bonds. The number of nitrogens with zero attached hydrogens (tertiary/aromatic N) is 1. The molecule has 0 spiro atoms. The quantitative estimate of drug-likeness (QED) is 0.729. The van der Waals surface area contributed by atoms with Gasteiger partial charge >= 0.3 is 0 Å². The summed E-state index contributed by atoms with van der Waals surface area (Å²) in [6, 6.07) is -0.434. The molecule has 1 rings (SSSR count). The number of rotatable bonds is 3. The zero-order chi connectivity index (χ0) is 10.6. The van der Waals surface area contributed by atoms with E-state index in [0.717, 1.165) is 0 Å². The fourth-order valence-electron chi connectivity index (χ4n) is 1.49. The molecule has 0 aromatic rings. The Bertz CT molecular complexity index is 200. The number of methoxy groups -OCH3 is 1. The Kier molecular flexibility index (Phi) is 6.84. The summed E-state index contributed by atoms with van der Waals surface area (Å²) in [5.74, 6) is -0.0191. The molecular formula is C9H19ClN2O3. The van der Waals surface area contributed by atoms with Gasteiger partial charge in [-0.15, -0.1) is 12.4 Å². The second kappa shape index (κ2) is 7.00. The molecule has 1 fully saturated rings. The fraction of sp³-hybridized carbons (Fsp3) is 0.889. The van der Waals surface area contributed by atoms with Crippen LogP contribution in [0.15, 0.2) is 0 Å². The van der Waals surface area contributed by atoms with E-state index in [2.05, 4.69) is 0 Å². The SMILES string of the molecule is COCC1CN(C(=O)C(C)N)CCO1.Cl. The van der Waals surface area contributed by atoms with E-state index in [4.69, 9.17) is 15.2 Å². The van der Waals surface area contributed by atoms with Crippen molar-refractivity contribution in [1.82, 2.24) is 4.90 Å². The standard InChI is InChI=1S/C9H18N2O3.ClH/c1-7(10)9(12)11-3-4-14-8(5-11)6-13-2;/h7-8H,3-6,10H2,1-2H3;1H. The van der Waals surface area contributed by atoms with Gasteiger partial charge in [-0.2, -0.15) is 0 Å². The number of halogens is 1. The lowest BCUT2D eigenvalue weighted by Gasteiger charge is -2.33. The van der Waals surface area contributed by atoms with Crippen LogP contribution in [0.3, 0.4) is 0 Å². The van der Waals surface area contributed by atoms with Crippen molar-refractivity contribution in [3.05, 3.63) is 0 Å². The van der Waals surface area contributed by atoms with Crippen LogP contribution in [-0.2, 0) is 14.3 Å². The normalized spacial score (nSPS) is 23.1. The molecule has 0 bridgehead atoms. The number of hydrogen-bond donors (Lipinski definition) is 1. The van der Waals surface area contributed by atoms with Crippen molar-refractivity contribution in [3.63, 3.8) is 0 Å². The van der Waals surface area contributed by atoms with Crippen molar-refractivity contribution in [3.8, 4) is 0 Å². The van der Waals surface area contributed by atoms with Crippen molar-refractivity contribution in [1.29, 1.82) is 0 Å². The molecule has 2 unspecified atom stereocenters. The van der Waals surface area contributed by atoms with Crippen LogP contribution in [0, 0.1) is 0 Å². The maximum Gasteiger partial charge on any atom is 0.239 e.